The van der Waals surface area contributed by atoms with Crippen molar-refractivity contribution in [3.63, 3.8) is 0 Å². The average molecular weight is 348 g/mol. The summed E-state index contributed by atoms with van der Waals surface area (Å²) in [6.45, 7) is 5.73. The minimum atomic E-state index is -0.763. The Morgan fingerprint density at radius 3 is 2.64 bits per heavy atom. The summed E-state index contributed by atoms with van der Waals surface area (Å²) in [5.41, 5.74) is 0.163. The number of ether oxygens (including phenoxy) is 1. The topological polar surface area (TPSA) is 78.8 Å². The molecule has 2 aliphatic heterocycles. The van der Waals surface area contributed by atoms with Crippen molar-refractivity contribution < 1.29 is 14.6 Å². The van der Waals surface area contributed by atoms with Crippen molar-refractivity contribution in [2.24, 2.45) is 5.41 Å². The fourth-order valence-electron chi connectivity index (χ4n) is 3.87. The number of nitrogens with zero attached hydrogens (tertiary/aromatic N) is 4. The van der Waals surface area contributed by atoms with E-state index in [1.807, 2.05) is 13.0 Å². The molecule has 0 saturated carbocycles. The highest BCUT2D eigenvalue weighted by Gasteiger charge is 2.42. The van der Waals surface area contributed by atoms with E-state index in [0.717, 1.165) is 43.5 Å². The molecule has 7 heteroatoms. The van der Waals surface area contributed by atoms with E-state index in [9.17, 15) is 9.90 Å². The molecular formula is C18H28N4O3. The Kier molecular flexibility index (Phi) is 5.42. The first-order valence-electron chi connectivity index (χ1n) is 9.12. The minimum absolute atomic E-state index is 0.460. The summed E-state index contributed by atoms with van der Waals surface area (Å²) in [7, 11) is 1.62. The summed E-state index contributed by atoms with van der Waals surface area (Å²) in [5.74, 6) is 0.882. The highest BCUT2D eigenvalue weighted by atomic mass is 16.5. The molecule has 1 unspecified atom stereocenters. The van der Waals surface area contributed by atoms with Gasteiger partial charge in [0.05, 0.1) is 5.41 Å². The Labute approximate surface area is 149 Å². The van der Waals surface area contributed by atoms with Gasteiger partial charge in [0.25, 0.3) is 0 Å². The van der Waals surface area contributed by atoms with E-state index >= 15 is 0 Å². The molecule has 0 amide bonds. The molecule has 25 heavy (non-hydrogen) atoms. The van der Waals surface area contributed by atoms with Crippen LogP contribution in [0.5, 0.6) is 0 Å². The maximum Gasteiger partial charge on any atom is 0.311 e. The SMILES string of the molecule is COCCC1(C(=O)O)CCCN(c2cc(C)nc(N3CCCC3)n2)C1. The second kappa shape index (κ2) is 7.56. The summed E-state index contributed by atoms with van der Waals surface area (Å²) >= 11 is 0. The molecule has 0 bridgehead atoms. The van der Waals surface area contributed by atoms with Gasteiger partial charge in [-0.05, 0) is 39.0 Å². The second-order valence-electron chi connectivity index (χ2n) is 7.22. The van der Waals surface area contributed by atoms with E-state index in [-0.39, 0.29) is 0 Å². The van der Waals surface area contributed by atoms with Crippen LogP contribution in [0.3, 0.4) is 0 Å². The third-order valence-electron chi connectivity index (χ3n) is 5.36. The van der Waals surface area contributed by atoms with Gasteiger partial charge >= 0.3 is 5.97 Å². The van der Waals surface area contributed by atoms with Crippen molar-refractivity contribution in [1.82, 2.24) is 9.97 Å². The number of hydrogen-bond acceptors (Lipinski definition) is 6. The second-order valence-corrected chi connectivity index (χ2v) is 7.22. The van der Waals surface area contributed by atoms with Gasteiger partial charge in [-0.15, -0.1) is 0 Å². The van der Waals surface area contributed by atoms with E-state index in [1.165, 1.54) is 12.8 Å². The molecule has 7 nitrogen and oxygen atoms in total. The van der Waals surface area contributed by atoms with E-state index in [2.05, 4.69) is 14.8 Å². The third kappa shape index (κ3) is 3.86. The van der Waals surface area contributed by atoms with E-state index in [1.54, 1.807) is 7.11 Å². The van der Waals surface area contributed by atoms with Crippen molar-refractivity contribution in [1.29, 1.82) is 0 Å². The molecule has 0 radical (unpaired) electrons. The monoisotopic (exact) mass is 348 g/mol. The molecule has 1 aromatic rings. The molecule has 0 aromatic carbocycles. The summed E-state index contributed by atoms with van der Waals surface area (Å²) in [4.78, 5) is 25.7. The standard InChI is InChI=1S/C18H28N4O3/c1-14-12-15(20-17(19-14)21-8-3-4-9-21)22-10-5-6-18(13-22,16(23)24)7-11-25-2/h12H,3-11,13H2,1-2H3,(H,23,24). The highest BCUT2D eigenvalue weighted by molar-refractivity contribution is 5.76. The average Bonchev–Trinajstić information content (AvgIpc) is 3.14. The van der Waals surface area contributed by atoms with Crippen LogP contribution in [0, 0.1) is 12.3 Å². The first-order valence-corrected chi connectivity index (χ1v) is 9.12. The molecule has 1 atom stereocenters. The maximum atomic E-state index is 12.0. The van der Waals surface area contributed by atoms with Crippen molar-refractivity contribution in [2.45, 2.75) is 39.0 Å². The Hall–Kier alpha value is -1.89. The molecule has 2 fully saturated rings. The van der Waals surface area contributed by atoms with Gasteiger partial charge in [-0.1, -0.05) is 0 Å². The summed E-state index contributed by atoms with van der Waals surface area (Å²) in [5, 5.41) is 9.84. The van der Waals surface area contributed by atoms with Gasteiger partial charge in [0, 0.05) is 51.7 Å². The lowest BCUT2D eigenvalue weighted by molar-refractivity contribution is -0.150. The van der Waals surface area contributed by atoms with Gasteiger partial charge < -0.3 is 19.6 Å². The van der Waals surface area contributed by atoms with Crippen LogP contribution in [-0.4, -0.2) is 60.9 Å². The molecule has 2 saturated heterocycles. The van der Waals surface area contributed by atoms with Gasteiger partial charge in [-0.25, -0.2) is 4.98 Å². The van der Waals surface area contributed by atoms with Crippen LogP contribution >= 0.6 is 0 Å². The number of rotatable bonds is 6. The normalized spacial score (nSPS) is 23.9. The van der Waals surface area contributed by atoms with Gasteiger partial charge in [-0.2, -0.15) is 4.98 Å². The zero-order chi connectivity index (χ0) is 17.9. The molecule has 3 heterocycles. The van der Waals surface area contributed by atoms with Crippen molar-refractivity contribution >= 4 is 17.7 Å². The van der Waals surface area contributed by atoms with Crippen LogP contribution in [0.25, 0.3) is 0 Å². The minimum Gasteiger partial charge on any atom is -0.481 e. The number of piperidine rings is 1. The highest BCUT2D eigenvalue weighted by Crippen LogP contribution is 2.36. The van der Waals surface area contributed by atoms with Crippen molar-refractivity contribution in [3.8, 4) is 0 Å². The quantitative estimate of drug-likeness (QED) is 0.843. The number of aliphatic carboxylic acids is 1. The van der Waals surface area contributed by atoms with Crippen molar-refractivity contribution in [3.05, 3.63) is 11.8 Å². The Balaban J connectivity index is 1.84. The van der Waals surface area contributed by atoms with Crippen LogP contribution in [0.15, 0.2) is 6.07 Å². The van der Waals surface area contributed by atoms with Crippen LogP contribution < -0.4 is 9.80 Å². The summed E-state index contributed by atoms with van der Waals surface area (Å²) < 4.78 is 5.15. The molecule has 3 rings (SSSR count). The fourth-order valence-corrected chi connectivity index (χ4v) is 3.87. The zero-order valence-corrected chi connectivity index (χ0v) is 15.2. The van der Waals surface area contributed by atoms with E-state index in [4.69, 9.17) is 9.72 Å². The first-order chi connectivity index (χ1) is 12.0. The largest absolute Gasteiger partial charge is 0.481 e. The number of anilines is 2. The van der Waals surface area contributed by atoms with Gasteiger partial charge in [0.1, 0.15) is 5.82 Å². The van der Waals surface area contributed by atoms with Crippen LogP contribution in [0.4, 0.5) is 11.8 Å². The molecule has 0 aliphatic carbocycles. The Morgan fingerprint density at radius 1 is 1.24 bits per heavy atom. The predicted octanol–water partition coefficient (Wildman–Crippen LogP) is 2.09. The van der Waals surface area contributed by atoms with Gasteiger partial charge in [0.15, 0.2) is 0 Å². The van der Waals surface area contributed by atoms with Gasteiger partial charge in [-0.3, -0.25) is 4.79 Å². The number of hydrogen-bond donors (Lipinski definition) is 1. The smallest absolute Gasteiger partial charge is 0.311 e. The Morgan fingerprint density at radius 2 is 1.96 bits per heavy atom. The number of carboxylic acid groups (broad SMARTS) is 1. The predicted molar refractivity (Wildman–Crippen MR) is 96.2 cm³/mol. The van der Waals surface area contributed by atoms with Crippen LogP contribution in [0.2, 0.25) is 0 Å². The number of aryl methyl sites for hydroxylation is 1. The van der Waals surface area contributed by atoms with E-state index < -0.39 is 11.4 Å². The lowest BCUT2D eigenvalue weighted by atomic mass is 9.77. The number of methoxy groups -OCH3 is 1. The number of aromatic nitrogens is 2. The van der Waals surface area contributed by atoms with Crippen molar-refractivity contribution in [2.75, 3.05) is 49.7 Å². The maximum absolute atomic E-state index is 12.0. The fraction of sp³-hybridized carbons (Fsp3) is 0.722. The molecule has 2 aliphatic rings. The van der Waals surface area contributed by atoms with Crippen LogP contribution in [0.1, 0.15) is 37.8 Å². The van der Waals surface area contributed by atoms with Crippen LogP contribution in [-0.2, 0) is 9.53 Å². The molecular weight excluding hydrogens is 320 g/mol. The number of carbonyl (C=O) groups is 1. The molecule has 1 N–H and O–H groups in total. The van der Waals surface area contributed by atoms with E-state index in [0.29, 0.717) is 26.0 Å². The summed E-state index contributed by atoms with van der Waals surface area (Å²) in [6, 6.07) is 1.97. The first kappa shape index (κ1) is 17.9. The molecule has 1 aromatic heterocycles. The molecule has 0 spiro atoms. The third-order valence-corrected chi connectivity index (χ3v) is 5.36. The Bertz CT molecular complexity index is 618. The lowest BCUT2D eigenvalue weighted by Crippen LogP contribution is -2.49. The number of carboxylic acids is 1. The molecule has 138 valence electrons. The summed E-state index contributed by atoms with van der Waals surface area (Å²) in [6.07, 6.45) is 4.41. The zero-order valence-electron chi connectivity index (χ0n) is 15.2. The van der Waals surface area contributed by atoms with Gasteiger partial charge in [0.2, 0.25) is 5.95 Å². The lowest BCUT2D eigenvalue weighted by Gasteiger charge is -2.40.